The highest BCUT2D eigenvalue weighted by Gasteiger charge is 2.14. The van der Waals surface area contributed by atoms with Gasteiger partial charge < -0.3 is 10.1 Å². The lowest BCUT2D eigenvalue weighted by atomic mass is 10.00. The van der Waals surface area contributed by atoms with Crippen LogP contribution in [0, 0.1) is 12.3 Å². The predicted octanol–water partition coefficient (Wildman–Crippen LogP) is 3.91. The van der Waals surface area contributed by atoms with E-state index in [-0.39, 0.29) is 0 Å². The molecule has 0 bridgehead atoms. The Morgan fingerprint density at radius 1 is 1.50 bits per heavy atom. The van der Waals surface area contributed by atoms with Gasteiger partial charge in [-0.2, -0.15) is 0 Å². The van der Waals surface area contributed by atoms with Crippen LogP contribution in [0.3, 0.4) is 0 Å². The second kappa shape index (κ2) is 8.18. The maximum atomic E-state index is 5.45. The van der Waals surface area contributed by atoms with Gasteiger partial charge in [-0.3, -0.25) is 0 Å². The van der Waals surface area contributed by atoms with Gasteiger partial charge in [0.2, 0.25) is 0 Å². The minimum Gasteiger partial charge on any atom is -0.496 e. The van der Waals surface area contributed by atoms with E-state index >= 15 is 0 Å². The van der Waals surface area contributed by atoms with Crippen LogP contribution < -0.4 is 10.1 Å². The van der Waals surface area contributed by atoms with Crippen molar-refractivity contribution in [2.75, 3.05) is 13.7 Å². The van der Waals surface area contributed by atoms with Crippen molar-refractivity contribution < 1.29 is 4.74 Å². The van der Waals surface area contributed by atoms with Crippen LogP contribution in [0.2, 0.25) is 0 Å². The second-order valence-corrected chi connectivity index (χ2v) is 5.01. The fourth-order valence-corrected chi connectivity index (χ4v) is 2.34. The summed E-state index contributed by atoms with van der Waals surface area (Å²) in [5.41, 5.74) is 1.19. The smallest absolute Gasteiger partial charge is 0.124 e. The van der Waals surface area contributed by atoms with Crippen LogP contribution in [0.25, 0.3) is 0 Å². The normalized spacial score (nSPS) is 11.9. The van der Waals surface area contributed by atoms with Gasteiger partial charge in [0.1, 0.15) is 5.75 Å². The highest BCUT2D eigenvalue weighted by Crippen LogP contribution is 2.31. The number of unbranched alkanes of at least 4 members (excludes halogenated alkanes) is 1. The van der Waals surface area contributed by atoms with E-state index in [0.717, 1.165) is 36.0 Å². The zero-order valence-electron chi connectivity index (χ0n) is 11.0. The Morgan fingerprint density at radius 2 is 2.28 bits per heavy atom. The van der Waals surface area contributed by atoms with Gasteiger partial charge in [0.05, 0.1) is 7.11 Å². The lowest BCUT2D eigenvalue weighted by molar-refractivity contribution is 0.394. The molecule has 0 saturated heterocycles. The Hall–Kier alpha value is -0.980. The van der Waals surface area contributed by atoms with Gasteiger partial charge in [-0.15, -0.1) is 12.3 Å². The number of benzene rings is 1. The third kappa shape index (κ3) is 4.36. The number of ether oxygens (including phenoxy) is 1. The van der Waals surface area contributed by atoms with Crippen molar-refractivity contribution in [1.29, 1.82) is 0 Å². The third-order valence-corrected chi connectivity index (χ3v) is 3.33. The molecule has 1 atom stereocenters. The molecule has 0 saturated carbocycles. The molecule has 0 aliphatic rings. The van der Waals surface area contributed by atoms with Crippen LogP contribution in [0.4, 0.5) is 0 Å². The average Bonchev–Trinajstić information content (AvgIpc) is 2.38. The first-order valence-corrected chi connectivity index (χ1v) is 7.02. The third-order valence-electron chi connectivity index (χ3n) is 2.84. The molecule has 2 nitrogen and oxygen atoms in total. The Morgan fingerprint density at radius 3 is 2.89 bits per heavy atom. The molecule has 98 valence electrons. The largest absolute Gasteiger partial charge is 0.496 e. The molecule has 0 aromatic heterocycles. The summed E-state index contributed by atoms with van der Waals surface area (Å²) in [5.74, 6) is 3.60. The highest BCUT2D eigenvalue weighted by molar-refractivity contribution is 9.10. The molecule has 0 aliphatic carbocycles. The zero-order chi connectivity index (χ0) is 13.4. The lowest BCUT2D eigenvalue weighted by Gasteiger charge is -2.20. The summed E-state index contributed by atoms with van der Waals surface area (Å²) in [6.07, 6.45) is 8.17. The van der Waals surface area contributed by atoms with Gasteiger partial charge in [0.15, 0.2) is 0 Å². The number of methoxy groups -OCH3 is 1. The summed E-state index contributed by atoms with van der Waals surface area (Å²) in [6, 6.07) is 6.45. The fourth-order valence-electron chi connectivity index (χ4n) is 2.00. The number of nitrogens with one attached hydrogen (secondary N) is 1. The Balaban J connectivity index is 2.87. The predicted molar refractivity (Wildman–Crippen MR) is 79.8 cm³/mol. The molecule has 1 unspecified atom stereocenters. The monoisotopic (exact) mass is 309 g/mol. The Kier molecular flexibility index (Phi) is 6.85. The van der Waals surface area contributed by atoms with Gasteiger partial charge >= 0.3 is 0 Å². The first-order chi connectivity index (χ1) is 8.72. The highest BCUT2D eigenvalue weighted by atomic mass is 79.9. The number of hydrogen-bond donors (Lipinski definition) is 1. The average molecular weight is 310 g/mol. The van der Waals surface area contributed by atoms with Gasteiger partial charge in [-0.1, -0.05) is 28.9 Å². The van der Waals surface area contributed by atoms with Crippen LogP contribution in [0.5, 0.6) is 5.75 Å². The molecule has 0 aliphatic heterocycles. The van der Waals surface area contributed by atoms with Crippen molar-refractivity contribution in [1.82, 2.24) is 5.32 Å². The second-order valence-electron chi connectivity index (χ2n) is 4.09. The number of terminal acetylenes is 1. The fraction of sp³-hybridized carbons (Fsp3) is 0.467. The van der Waals surface area contributed by atoms with E-state index in [2.05, 4.69) is 40.2 Å². The van der Waals surface area contributed by atoms with Gasteiger partial charge in [0, 0.05) is 22.5 Å². The number of rotatable bonds is 7. The minimum absolute atomic E-state index is 0.298. The molecule has 0 radical (unpaired) electrons. The standard InChI is InChI=1S/C15H20BrNO/c1-4-6-7-8-14(17-5-2)13-10-9-12(16)11-15(13)18-3/h1,9-11,14,17H,5-8H2,2-3H3. The van der Waals surface area contributed by atoms with E-state index in [9.17, 15) is 0 Å². The van der Waals surface area contributed by atoms with Crippen LogP contribution in [-0.2, 0) is 0 Å². The van der Waals surface area contributed by atoms with E-state index in [1.807, 2.05) is 12.1 Å². The van der Waals surface area contributed by atoms with E-state index in [1.54, 1.807) is 7.11 Å². The SMILES string of the molecule is C#CCCCC(NCC)c1ccc(Br)cc1OC. The first kappa shape index (κ1) is 15.1. The van der Waals surface area contributed by atoms with Gasteiger partial charge in [0.25, 0.3) is 0 Å². The van der Waals surface area contributed by atoms with Crippen molar-refractivity contribution in [2.45, 2.75) is 32.2 Å². The maximum Gasteiger partial charge on any atom is 0.124 e. The van der Waals surface area contributed by atoms with E-state index in [4.69, 9.17) is 11.2 Å². The molecule has 0 fully saturated rings. The maximum absolute atomic E-state index is 5.45. The molecule has 3 heteroatoms. The first-order valence-electron chi connectivity index (χ1n) is 6.23. The molecule has 0 spiro atoms. The van der Waals surface area contributed by atoms with Gasteiger partial charge in [-0.25, -0.2) is 0 Å². The number of hydrogen-bond acceptors (Lipinski definition) is 2. The zero-order valence-corrected chi connectivity index (χ0v) is 12.6. The molecule has 0 heterocycles. The summed E-state index contributed by atoms with van der Waals surface area (Å²) in [4.78, 5) is 0. The molecule has 1 rings (SSSR count). The van der Waals surface area contributed by atoms with E-state index in [0.29, 0.717) is 6.04 Å². The molecule has 1 aromatic carbocycles. The summed E-state index contributed by atoms with van der Waals surface area (Å²) >= 11 is 3.46. The summed E-state index contributed by atoms with van der Waals surface area (Å²) in [6.45, 7) is 3.04. The molecule has 0 amide bonds. The van der Waals surface area contributed by atoms with Crippen LogP contribution in [-0.4, -0.2) is 13.7 Å². The van der Waals surface area contributed by atoms with E-state index < -0.39 is 0 Å². The molecular weight excluding hydrogens is 290 g/mol. The molecule has 18 heavy (non-hydrogen) atoms. The quantitative estimate of drug-likeness (QED) is 0.609. The molecule has 1 aromatic rings. The molecule has 1 N–H and O–H groups in total. The van der Waals surface area contributed by atoms with Crippen LogP contribution >= 0.6 is 15.9 Å². The van der Waals surface area contributed by atoms with Gasteiger partial charge in [-0.05, 0) is 31.5 Å². The lowest BCUT2D eigenvalue weighted by Crippen LogP contribution is -2.21. The van der Waals surface area contributed by atoms with E-state index in [1.165, 1.54) is 5.56 Å². The molecular formula is C15H20BrNO. The van der Waals surface area contributed by atoms with Crippen LogP contribution in [0.15, 0.2) is 22.7 Å². The van der Waals surface area contributed by atoms with Crippen LogP contribution in [0.1, 0.15) is 37.8 Å². The van der Waals surface area contributed by atoms with Crippen molar-refractivity contribution >= 4 is 15.9 Å². The number of halogens is 1. The minimum atomic E-state index is 0.298. The summed E-state index contributed by atoms with van der Waals surface area (Å²) in [7, 11) is 1.70. The van der Waals surface area contributed by atoms with Crippen molar-refractivity contribution in [3.05, 3.63) is 28.2 Å². The summed E-state index contributed by atoms with van der Waals surface area (Å²) < 4.78 is 6.48. The Labute approximate surface area is 118 Å². The Bertz CT molecular complexity index is 411. The topological polar surface area (TPSA) is 21.3 Å². The van der Waals surface area contributed by atoms with Crippen molar-refractivity contribution in [2.24, 2.45) is 0 Å². The van der Waals surface area contributed by atoms with Crippen molar-refractivity contribution in [3.8, 4) is 18.1 Å². The van der Waals surface area contributed by atoms with Crippen molar-refractivity contribution in [3.63, 3.8) is 0 Å². The summed E-state index contributed by atoms with van der Waals surface area (Å²) in [5, 5.41) is 3.49.